The average Bonchev–Trinajstić information content (AvgIpc) is 3.42. The van der Waals surface area contributed by atoms with Crippen LogP contribution in [0.15, 0.2) is 84.9 Å². The van der Waals surface area contributed by atoms with Crippen molar-refractivity contribution in [2.24, 2.45) is 5.92 Å². The zero-order valence-corrected chi connectivity index (χ0v) is 14.4. The summed E-state index contributed by atoms with van der Waals surface area (Å²) < 4.78 is 0. The monoisotopic (exact) mass is 347 g/mol. The van der Waals surface area contributed by atoms with Crippen LogP contribution in [0.4, 0.5) is 5.69 Å². The zero-order valence-electron chi connectivity index (χ0n) is 13.7. The van der Waals surface area contributed by atoms with Crippen LogP contribution in [0.2, 0.25) is 5.02 Å². The maximum Gasteiger partial charge on any atom is 0.228 e. The second-order valence-corrected chi connectivity index (χ2v) is 6.89. The van der Waals surface area contributed by atoms with E-state index in [4.69, 9.17) is 11.6 Å². The summed E-state index contributed by atoms with van der Waals surface area (Å²) in [7, 11) is 0. The van der Waals surface area contributed by atoms with Gasteiger partial charge in [0.1, 0.15) is 0 Å². The van der Waals surface area contributed by atoms with Crippen molar-refractivity contribution in [1.82, 2.24) is 0 Å². The molecule has 1 aliphatic rings. The summed E-state index contributed by atoms with van der Waals surface area (Å²) in [5, 5.41) is 3.69. The number of carbonyl (C=O) groups excluding carboxylic acids is 1. The molecule has 1 atom stereocenters. The molecule has 0 heterocycles. The molecular weight excluding hydrogens is 330 g/mol. The van der Waals surface area contributed by atoms with Gasteiger partial charge in [0.15, 0.2) is 0 Å². The molecule has 25 heavy (non-hydrogen) atoms. The SMILES string of the molecule is O=C(Nc1ccc(Cl)cc1)[C@@H]1CC1(c1ccccc1)c1ccccc1. The number of amides is 1. The molecule has 0 aromatic heterocycles. The van der Waals surface area contributed by atoms with Crippen molar-refractivity contribution in [2.45, 2.75) is 11.8 Å². The Morgan fingerprint density at radius 3 is 1.88 bits per heavy atom. The molecule has 0 bridgehead atoms. The largest absolute Gasteiger partial charge is 0.326 e. The Labute approximate surface area is 152 Å². The van der Waals surface area contributed by atoms with Crippen molar-refractivity contribution >= 4 is 23.2 Å². The van der Waals surface area contributed by atoms with Crippen LogP contribution >= 0.6 is 11.6 Å². The molecule has 1 fully saturated rings. The van der Waals surface area contributed by atoms with Gasteiger partial charge in [-0.1, -0.05) is 72.3 Å². The van der Waals surface area contributed by atoms with Gasteiger partial charge < -0.3 is 5.32 Å². The smallest absolute Gasteiger partial charge is 0.228 e. The summed E-state index contributed by atoms with van der Waals surface area (Å²) in [6.45, 7) is 0. The van der Waals surface area contributed by atoms with E-state index in [0.29, 0.717) is 5.02 Å². The summed E-state index contributed by atoms with van der Waals surface area (Å²) in [6, 6.07) is 27.8. The Bertz CT molecular complexity index is 835. The first-order chi connectivity index (χ1) is 12.2. The van der Waals surface area contributed by atoms with Crippen molar-refractivity contribution in [3.05, 3.63) is 101 Å². The highest BCUT2D eigenvalue weighted by Crippen LogP contribution is 2.59. The Morgan fingerprint density at radius 2 is 1.36 bits per heavy atom. The summed E-state index contributed by atoms with van der Waals surface area (Å²) in [5.41, 5.74) is 2.92. The molecule has 3 aromatic carbocycles. The van der Waals surface area contributed by atoms with Gasteiger partial charge in [-0.05, 0) is 41.8 Å². The minimum Gasteiger partial charge on any atom is -0.326 e. The zero-order chi connectivity index (χ0) is 17.3. The topological polar surface area (TPSA) is 29.1 Å². The van der Waals surface area contributed by atoms with Gasteiger partial charge in [-0.3, -0.25) is 4.79 Å². The highest BCUT2D eigenvalue weighted by Gasteiger charge is 2.60. The van der Waals surface area contributed by atoms with Gasteiger partial charge in [-0.2, -0.15) is 0 Å². The molecule has 0 unspecified atom stereocenters. The first-order valence-electron chi connectivity index (χ1n) is 8.37. The van der Waals surface area contributed by atoms with Crippen molar-refractivity contribution in [2.75, 3.05) is 5.32 Å². The quantitative estimate of drug-likeness (QED) is 0.683. The third-order valence-electron chi connectivity index (χ3n) is 4.97. The molecule has 1 N–H and O–H groups in total. The van der Waals surface area contributed by atoms with Crippen LogP contribution in [0, 0.1) is 5.92 Å². The van der Waals surface area contributed by atoms with Gasteiger partial charge >= 0.3 is 0 Å². The predicted octanol–water partition coefficient (Wildman–Crippen LogP) is 5.28. The van der Waals surface area contributed by atoms with Crippen molar-refractivity contribution < 1.29 is 4.79 Å². The van der Waals surface area contributed by atoms with Gasteiger partial charge in [0.25, 0.3) is 0 Å². The molecule has 0 spiro atoms. The maximum absolute atomic E-state index is 12.9. The summed E-state index contributed by atoms with van der Waals surface area (Å²) in [5.74, 6) is -0.0250. The van der Waals surface area contributed by atoms with Crippen molar-refractivity contribution in [3.8, 4) is 0 Å². The third kappa shape index (κ3) is 2.94. The molecule has 1 aliphatic carbocycles. The van der Waals surface area contributed by atoms with Crippen LogP contribution in [0.25, 0.3) is 0 Å². The Morgan fingerprint density at radius 1 is 0.840 bits per heavy atom. The van der Waals surface area contributed by atoms with Gasteiger partial charge in [-0.15, -0.1) is 0 Å². The van der Waals surface area contributed by atoms with E-state index in [0.717, 1.165) is 12.1 Å². The van der Waals surface area contributed by atoms with Crippen LogP contribution in [0.3, 0.4) is 0 Å². The first kappa shape index (κ1) is 15.9. The number of halogens is 1. The van der Waals surface area contributed by atoms with Crippen LogP contribution in [0.5, 0.6) is 0 Å². The fraction of sp³-hybridized carbons (Fsp3) is 0.136. The average molecular weight is 348 g/mol. The molecule has 124 valence electrons. The first-order valence-corrected chi connectivity index (χ1v) is 8.75. The van der Waals surface area contributed by atoms with E-state index in [1.165, 1.54) is 11.1 Å². The number of carbonyl (C=O) groups is 1. The van der Waals surface area contributed by atoms with Gasteiger partial charge in [0.2, 0.25) is 5.91 Å². The molecular formula is C22H18ClNO. The minimum absolute atomic E-state index is 0.0510. The van der Waals surface area contributed by atoms with Gasteiger partial charge in [-0.25, -0.2) is 0 Å². The molecule has 3 aromatic rings. The molecule has 0 saturated heterocycles. The van der Waals surface area contributed by atoms with Crippen LogP contribution in [0.1, 0.15) is 17.5 Å². The van der Waals surface area contributed by atoms with Crippen molar-refractivity contribution in [1.29, 1.82) is 0 Å². The minimum atomic E-state index is -0.237. The summed E-state index contributed by atoms with van der Waals surface area (Å²) >= 11 is 5.92. The summed E-state index contributed by atoms with van der Waals surface area (Å²) in [4.78, 5) is 12.9. The number of anilines is 1. The number of rotatable bonds is 4. The second kappa shape index (κ2) is 6.38. The molecule has 0 radical (unpaired) electrons. The molecule has 2 nitrogen and oxygen atoms in total. The lowest BCUT2D eigenvalue weighted by Crippen LogP contribution is -2.22. The highest BCUT2D eigenvalue weighted by molar-refractivity contribution is 6.30. The van der Waals surface area contributed by atoms with E-state index >= 15 is 0 Å². The molecule has 1 amide bonds. The Hall–Kier alpha value is -2.58. The number of hydrogen-bond donors (Lipinski definition) is 1. The summed E-state index contributed by atoms with van der Waals surface area (Å²) in [6.07, 6.45) is 0.820. The molecule has 3 heteroatoms. The van der Waals surface area contributed by atoms with Gasteiger partial charge in [0, 0.05) is 16.1 Å². The van der Waals surface area contributed by atoms with E-state index < -0.39 is 0 Å². The fourth-order valence-electron chi connectivity index (χ4n) is 3.62. The van der Waals surface area contributed by atoms with Crippen LogP contribution in [-0.4, -0.2) is 5.91 Å². The van der Waals surface area contributed by atoms with E-state index in [9.17, 15) is 4.79 Å². The van der Waals surface area contributed by atoms with E-state index in [1.807, 2.05) is 48.5 Å². The number of hydrogen-bond acceptors (Lipinski definition) is 1. The van der Waals surface area contributed by atoms with Crippen LogP contribution in [-0.2, 0) is 10.2 Å². The number of nitrogens with one attached hydrogen (secondary N) is 1. The predicted molar refractivity (Wildman–Crippen MR) is 102 cm³/mol. The van der Waals surface area contributed by atoms with E-state index in [-0.39, 0.29) is 17.2 Å². The lowest BCUT2D eigenvalue weighted by Gasteiger charge is -2.19. The van der Waals surface area contributed by atoms with Crippen LogP contribution < -0.4 is 5.32 Å². The second-order valence-electron chi connectivity index (χ2n) is 6.46. The maximum atomic E-state index is 12.9. The van der Waals surface area contributed by atoms with Crippen molar-refractivity contribution in [3.63, 3.8) is 0 Å². The van der Waals surface area contributed by atoms with Gasteiger partial charge in [0.05, 0.1) is 5.92 Å². The molecule has 4 rings (SSSR count). The van der Waals surface area contributed by atoms with E-state index in [1.54, 1.807) is 12.1 Å². The molecule has 1 saturated carbocycles. The standard InChI is InChI=1S/C22H18ClNO/c23-18-11-13-19(14-12-18)24-21(25)20-15-22(20,16-7-3-1-4-8-16)17-9-5-2-6-10-17/h1-14,20H,15H2,(H,24,25)/t20-/m0/s1. The van der Waals surface area contributed by atoms with E-state index in [2.05, 4.69) is 29.6 Å². The lowest BCUT2D eigenvalue weighted by atomic mass is 9.85. The third-order valence-corrected chi connectivity index (χ3v) is 5.22. The highest BCUT2D eigenvalue weighted by atomic mass is 35.5. The number of benzene rings is 3. The Kier molecular flexibility index (Phi) is 4.06. The fourth-order valence-corrected chi connectivity index (χ4v) is 3.74. The lowest BCUT2D eigenvalue weighted by molar-refractivity contribution is -0.117. The molecule has 0 aliphatic heterocycles. The normalized spacial score (nSPS) is 17.7. The Balaban J connectivity index is 1.64.